The Morgan fingerprint density at radius 1 is 1.14 bits per heavy atom. The summed E-state index contributed by atoms with van der Waals surface area (Å²) >= 11 is 0. The fourth-order valence-electron chi connectivity index (χ4n) is 2.78. The van der Waals surface area contributed by atoms with Crippen LogP contribution >= 0.6 is 0 Å². The Balaban J connectivity index is 1.92. The molecule has 3 rings (SSSR count). The molecule has 146 valence electrons. The Kier molecular flexibility index (Phi) is 5.22. The first-order valence-corrected chi connectivity index (χ1v) is 8.52. The number of para-hydroxylation sites is 1. The van der Waals surface area contributed by atoms with Gasteiger partial charge in [-0.15, -0.1) is 0 Å². The lowest BCUT2D eigenvalue weighted by molar-refractivity contribution is -0.141. The Bertz CT molecular complexity index is 1020. The van der Waals surface area contributed by atoms with Gasteiger partial charge in [-0.05, 0) is 49.7 Å². The largest absolute Gasteiger partial charge is 0.435 e. The number of halogens is 4. The van der Waals surface area contributed by atoms with Crippen molar-refractivity contribution >= 4 is 11.6 Å². The van der Waals surface area contributed by atoms with Gasteiger partial charge < -0.3 is 5.32 Å². The van der Waals surface area contributed by atoms with Crippen molar-refractivity contribution < 1.29 is 22.4 Å². The fourth-order valence-corrected chi connectivity index (χ4v) is 2.78. The molecule has 0 aliphatic rings. The number of hydrogen-bond acceptors (Lipinski definition) is 2. The van der Waals surface area contributed by atoms with Gasteiger partial charge in [0.15, 0.2) is 5.69 Å². The molecule has 2 aromatic carbocycles. The topological polar surface area (TPSA) is 46.9 Å². The molecule has 0 atom stereocenters. The highest BCUT2D eigenvalue weighted by Gasteiger charge is 2.35. The van der Waals surface area contributed by atoms with E-state index in [0.29, 0.717) is 5.69 Å². The summed E-state index contributed by atoms with van der Waals surface area (Å²) in [4.78, 5) is 12.4. The van der Waals surface area contributed by atoms with Crippen LogP contribution in [-0.4, -0.2) is 15.7 Å². The van der Waals surface area contributed by atoms with Crippen LogP contribution in [-0.2, 0) is 12.7 Å². The number of anilines is 1. The normalized spacial score (nSPS) is 11.5. The highest BCUT2D eigenvalue weighted by atomic mass is 19.4. The molecule has 1 heterocycles. The standard InChI is InChI=1S/C20H17F4N3O/c1-3-27-17(11-18(26-27)20(22,23)24)14-9-8-13(10-15(14)21)19(28)25-16-7-5-4-6-12(16)2/h4-11H,3H2,1-2H3,(H,25,28). The van der Waals surface area contributed by atoms with E-state index in [1.54, 1.807) is 19.1 Å². The Morgan fingerprint density at radius 3 is 2.46 bits per heavy atom. The Hall–Kier alpha value is -3.16. The van der Waals surface area contributed by atoms with Crippen LogP contribution in [0, 0.1) is 12.7 Å². The van der Waals surface area contributed by atoms with Crippen molar-refractivity contribution in [3.63, 3.8) is 0 Å². The summed E-state index contributed by atoms with van der Waals surface area (Å²) < 4.78 is 54.5. The smallest absolute Gasteiger partial charge is 0.322 e. The minimum Gasteiger partial charge on any atom is -0.322 e. The van der Waals surface area contributed by atoms with E-state index in [0.717, 1.165) is 22.4 Å². The summed E-state index contributed by atoms with van der Waals surface area (Å²) in [6, 6.07) is 11.6. The average Bonchev–Trinajstić information content (AvgIpc) is 3.08. The number of aromatic nitrogens is 2. The second-order valence-electron chi connectivity index (χ2n) is 6.19. The van der Waals surface area contributed by atoms with Crippen molar-refractivity contribution in [1.29, 1.82) is 0 Å². The van der Waals surface area contributed by atoms with E-state index in [-0.39, 0.29) is 23.4 Å². The van der Waals surface area contributed by atoms with Gasteiger partial charge in [-0.25, -0.2) is 4.39 Å². The molecule has 0 aliphatic carbocycles. The number of aryl methyl sites for hydroxylation is 2. The zero-order valence-electron chi connectivity index (χ0n) is 15.1. The third kappa shape index (κ3) is 3.90. The number of benzene rings is 2. The molecule has 0 spiro atoms. The monoisotopic (exact) mass is 391 g/mol. The quantitative estimate of drug-likeness (QED) is 0.615. The molecular weight excluding hydrogens is 374 g/mol. The van der Waals surface area contributed by atoms with Gasteiger partial charge in [0.05, 0.1) is 5.69 Å². The van der Waals surface area contributed by atoms with E-state index in [1.807, 2.05) is 19.1 Å². The third-order valence-corrected chi connectivity index (χ3v) is 4.27. The molecule has 1 aromatic heterocycles. The van der Waals surface area contributed by atoms with Gasteiger partial charge in [-0.2, -0.15) is 18.3 Å². The molecule has 0 saturated carbocycles. The molecule has 0 radical (unpaired) electrons. The number of nitrogens with zero attached hydrogens (tertiary/aromatic N) is 2. The Labute approximate surface area is 158 Å². The molecule has 0 aliphatic heterocycles. The summed E-state index contributed by atoms with van der Waals surface area (Å²) in [5, 5.41) is 6.17. The summed E-state index contributed by atoms with van der Waals surface area (Å²) in [6.07, 6.45) is -4.63. The summed E-state index contributed by atoms with van der Waals surface area (Å²) in [6.45, 7) is 3.57. The average molecular weight is 391 g/mol. The number of carbonyl (C=O) groups is 1. The van der Waals surface area contributed by atoms with Crippen LogP contribution in [0.25, 0.3) is 11.3 Å². The maximum absolute atomic E-state index is 14.6. The summed E-state index contributed by atoms with van der Waals surface area (Å²) in [5.41, 5.74) is 0.346. The van der Waals surface area contributed by atoms with Gasteiger partial charge in [0.25, 0.3) is 5.91 Å². The fraction of sp³-hybridized carbons (Fsp3) is 0.200. The third-order valence-electron chi connectivity index (χ3n) is 4.27. The van der Waals surface area contributed by atoms with Crippen LogP contribution in [0.15, 0.2) is 48.5 Å². The van der Waals surface area contributed by atoms with Crippen LogP contribution < -0.4 is 5.32 Å². The second-order valence-corrected chi connectivity index (χ2v) is 6.19. The molecule has 0 fully saturated rings. The van der Waals surface area contributed by atoms with Gasteiger partial charge in [0.2, 0.25) is 0 Å². The lowest BCUT2D eigenvalue weighted by Gasteiger charge is -2.10. The SMILES string of the molecule is CCn1nc(C(F)(F)F)cc1-c1ccc(C(=O)Nc2ccccc2C)cc1F. The van der Waals surface area contributed by atoms with Crippen molar-refractivity contribution in [3.8, 4) is 11.3 Å². The van der Waals surface area contributed by atoms with Crippen LogP contribution in [0.4, 0.5) is 23.2 Å². The van der Waals surface area contributed by atoms with E-state index >= 15 is 0 Å². The minimum absolute atomic E-state index is 0.00168. The van der Waals surface area contributed by atoms with Crippen LogP contribution in [0.3, 0.4) is 0 Å². The number of alkyl halides is 3. The first-order chi connectivity index (χ1) is 13.2. The first kappa shape index (κ1) is 19.6. The molecular formula is C20H17F4N3O. The molecule has 3 aromatic rings. The van der Waals surface area contributed by atoms with Crippen molar-refractivity contribution in [2.24, 2.45) is 0 Å². The van der Waals surface area contributed by atoms with E-state index in [4.69, 9.17) is 0 Å². The van der Waals surface area contributed by atoms with Crippen molar-refractivity contribution in [1.82, 2.24) is 9.78 Å². The number of hydrogen-bond donors (Lipinski definition) is 1. The van der Waals surface area contributed by atoms with E-state index in [9.17, 15) is 22.4 Å². The number of rotatable bonds is 4. The molecule has 1 N–H and O–H groups in total. The number of amides is 1. The predicted molar refractivity (Wildman–Crippen MR) is 97.4 cm³/mol. The van der Waals surface area contributed by atoms with Crippen molar-refractivity contribution in [2.45, 2.75) is 26.6 Å². The molecule has 4 nitrogen and oxygen atoms in total. The van der Waals surface area contributed by atoms with Gasteiger partial charge in [-0.3, -0.25) is 9.48 Å². The Morgan fingerprint density at radius 2 is 1.86 bits per heavy atom. The van der Waals surface area contributed by atoms with Gasteiger partial charge >= 0.3 is 6.18 Å². The van der Waals surface area contributed by atoms with Crippen LogP contribution in [0.5, 0.6) is 0 Å². The number of nitrogens with one attached hydrogen (secondary N) is 1. The maximum atomic E-state index is 14.6. The zero-order chi connectivity index (χ0) is 20.5. The van der Waals surface area contributed by atoms with Crippen molar-refractivity contribution in [3.05, 3.63) is 71.2 Å². The maximum Gasteiger partial charge on any atom is 0.435 e. The molecule has 8 heteroatoms. The summed E-state index contributed by atoms with van der Waals surface area (Å²) in [7, 11) is 0. The van der Waals surface area contributed by atoms with Crippen LogP contribution in [0.2, 0.25) is 0 Å². The van der Waals surface area contributed by atoms with Gasteiger partial charge in [0.1, 0.15) is 5.82 Å². The van der Waals surface area contributed by atoms with Gasteiger partial charge in [-0.1, -0.05) is 18.2 Å². The highest BCUT2D eigenvalue weighted by Crippen LogP contribution is 2.33. The molecule has 0 unspecified atom stereocenters. The minimum atomic E-state index is -4.63. The lowest BCUT2D eigenvalue weighted by atomic mass is 10.1. The highest BCUT2D eigenvalue weighted by molar-refractivity contribution is 6.04. The molecule has 1 amide bonds. The number of carbonyl (C=O) groups excluding carboxylic acids is 1. The van der Waals surface area contributed by atoms with Gasteiger partial charge in [0, 0.05) is 23.4 Å². The molecule has 0 saturated heterocycles. The summed E-state index contributed by atoms with van der Waals surface area (Å²) in [5.74, 6) is -1.32. The van der Waals surface area contributed by atoms with Crippen LogP contribution in [0.1, 0.15) is 28.5 Å². The van der Waals surface area contributed by atoms with Crippen molar-refractivity contribution in [2.75, 3.05) is 5.32 Å². The van der Waals surface area contributed by atoms with E-state index < -0.39 is 23.6 Å². The van der Waals surface area contributed by atoms with E-state index in [1.165, 1.54) is 12.1 Å². The zero-order valence-corrected chi connectivity index (χ0v) is 15.1. The predicted octanol–water partition coefficient (Wildman–Crippen LogP) is 5.29. The second kappa shape index (κ2) is 7.46. The lowest BCUT2D eigenvalue weighted by Crippen LogP contribution is -2.13. The molecule has 28 heavy (non-hydrogen) atoms. The molecule has 0 bridgehead atoms. The first-order valence-electron chi connectivity index (χ1n) is 8.52. The van der Waals surface area contributed by atoms with E-state index in [2.05, 4.69) is 10.4 Å².